The van der Waals surface area contributed by atoms with Gasteiger partial charge in [0.05, 0.1) is 6.10 Å². The van der Waals surface area contributed by atoms with E-state index in [4.69, 9.17) is 4.74 Å². The lowest BCUT2D eigenvalue weighted by Gasteiger charge is -2.17. The van der Waals surface area contributed by atoms with Crippen LogP contribution in [0.4, 0.5) is 11.6 Å². The Morgan fingerprint density at radius 2 is 2.04 bits per heavy atom. The van der Waals surface area contributed by atoms with Crippen molar-refractivity contribution < 1.29 is 4.74 Å². The van der Waals surface area contributed by atoms with Crippen molar-refractivity contribution in [3.8, 4) is 5.88 Å². The van der Waals surface area contributed by atoms with Gasteiger partial charge in [-0.2, -0.15) is 0 Å². The molecule has 1 fully saturated rings. The molecule has 23 heavy (non-hydrogen) atoms. The van der Waals surface area contributed by atoms with Crippen LogP contribution in [0.25, 0.3) is 0 Å². The van der Waals surface area contributed by atoms with Crippen LogP contribution in [0.15, 0.2) is 30.7 Å². The molecule has 0 spiro atoms. The molecular weight excluding hydrogens is 290 g/mol. The third-order valence-electron chi connectivity index (χ3n) is 3.74. The molecule has 2 aromatic rings. The van der Waals surface area contributed by atoms with Crippen molar-refractivity contribution in [2.45, 2.75) is 39.3 Å². The Morgan fingerprint density at radius 3 is 2.83 bits per heavy atom. The molecule has 0 aromatic carbocycles. The summed E-state index contributed by atoms with van der Waals surface area (Å²) in [6.07, 6.45) is 5.93. The van der Waals surface area contributed by atoms with Crippen LogP contribution in [0, 0.1) is 0 Å². The van der Waals surface area contributed by atoms with Crippen LogP contribution in [0.2, 0.25) is 0 Å². The summed E-state index contributed by atoms with van der Waals surface area (Å²) in [6.45, 7) is 6.76. The fraction of sp³-hybridized carbons (Fsp3) is 0.471. The summed E-state index contributed by atoms with van der Waals surface area (Å²) in [4.78, 5) is 15.3. The lowest BCUT2D eigenvalue weighted by molar-refractivity contribution is 0.230. The highest BCUT2D eigenvalue weighted by Crippen LogP contribution is 2.21. The van der Waals surface area contributed by atoms with Gasteiger partial charge in [0.15, 0.2) is 0 Å². The van der Waals surface area contributed by atoms with Gasteiger partial charge in [-0.25, -0.2) is 15.0 Å². The summed E-state index contributed by atoms with van der Waals surface area (Å²) in [7, 11) is 0. The van der Waals surface area contributed by atoms with Gasteiger partial charge in [-0.1, -0.05) is 6.07 Å². The Bertz CT molecular complexity index is 640. The van der Waals surface area contributed by atoms with Crippen molar-refractivity contribution in [2.75, 3.05) is 23.3 Å². The maximum absolute atomic E-state index is 5.75. The number of pyridine rings is 1. The summed E-state index contributed by atoms with van der Waals surface area (Å²) >= 11 is 0. The summed E-state index contributed by atoms with van der Waals surface area (Å²) < 4.78 is 5.75. The molecule has 0 aliphatic carbocycles. The van der Waals surface area contributed by atoms with Crippen LogP contribution < -0.4 is 15.0 Å². The second-order valence-corrected chi connectivity index (χ2v) is 5.94. The summed E-state index contributed by atoms with van der Waals surface area (Å²) in [5, 5.41) is 3.34. The maximum Gasteiger partial charge on any atom is 0.218 e. The SMILES string of the molecule is CC(C)Oc1ncccc1CNc1cc(N2CCCC2)ncn1. The van der Waals surface area contributed by atoms with E-state index in [2.05, 4.69) is 25.2 Å². The van der Waals surface area contributed by atoms with E-state index >= 15 is 0 Å². The molecule has 0 unspecified atom stereocenters. The number of anilines is 2. The monoisotopic (exact) mass is 313 g/mol. The molecule has 3 heterocycles. The molecule has 122 valence electrons. The van der Waals surface area contributed by atoms with Crippen LogP contribution in [-0.2, 0) is 6.54 Å². The summed E-state index contributed by atoms with van der Waals surface area (Å²) in [5.41, 5.74) is 1.02. The Hall–Kier alpha value is -2.37. The molecule has 0 saturated carbocycles. The van der Waals surface area contributed by atoms with Crippen molar-refractivity contribution in [3.05, 3.63) is 36.3 Å². The van der Waals surface area contributed by atoms with Crippen LogP contribution in [0.5, 0.6) is 5.88 Å². The average molecular weight is 313 g/mol. The molecule has 0 bridgehead atoms. The van der Waals surface area contributed by atoms with E-state index < -0.39 is 0 Å². The van der Waals surface area contributed by atoms with Gasteiger partial charge in [0.25, 0.3) is 0 Å². The lowest BCUT2D eigenvalue weighted by atomic mass is 10.2. The van der Waals surface area contributed by atoms with Crippen molar-refractivity contribution in [1.29, 1.82) is 0 Å². The van der Waals surface area contributed by atoms with Gasteiger partial charge in [-0.3, -0.25) is 0 Å². The highest BCUT2D eigenvalue weighted by molar-refractivity contribution is 5.49. The molecule has 0 radical (unpaired) electrons. The normalized spacial score (nSPS) is 14.3. The number of rotatable bonds is 6. The largest absolute Gasteiger partial charge is 0.475 e. The van der Waals surface area contributed by atoms with Crippen molar-refractivity contribution in [3.63, 3.8) is 0 Å². The van der Waals surface area contributed by atoms with Gasteiger partial charge in [-0.05, 0) is 32.8 Å². The number of hydrogen-bond donors (Lipinski definition) is 1. The first-order valence-corrected chi connectivity index (χ1v) is 8.14. The number of nitrogens with one attached hydrogen (secondary N) is 1. The van der Waals surface area contributed by atoms with Crippen LogP contribution in [-0.4, -0.2) is 34.1 Å². The first-order valence-electron chi connectivity index (χ1n) is 8.14. The van der Waals surface area contributed by atoms with E-state index in [1.807, 2.05) is 32.0 Å². The molecule has 3 rings (SSSR count). The van der Waals surface area contributed by atoms with E-state index in [1.165, 1.54) is 12.8 Å². The predicted octanol–water partition coefficient (Wildman–Crippen LogP) is 2.87. The maximum atomic E-state index is 5.75. The molecule has 0 atom stereocenters. The van der Waals surface area contributed by atoms with E-state index in [9.17, 15) is 0 Å². The number of aromatic nitrogens is 3. The Balaban J connectivity index is 1.67. The van der Waals surface area contributed by atoms with E-state index in [0.29, 0.717) is 12.4 Å². The van der Waals surface area contributed by atoms with Gasteiger partial charge in [0, 0.05) is 37.5 Å². The standard InChI is InChI=1S/C17H23N5O/c1-13(2)23-17-14(6-5-7-18-17)11-19-15-10-16(21-12-20-15)22-8-3-4-9-22/h5-7,10,12-13H,3-4,8-9,11H2,1-2H3,(H,19,20,21). The van der Waals surface area contributed by atoms with Crippen LogP contribution in [0.3, 0.4) is 0 Å². The summed E-state index contributed by atoms with van der Waals surface area (Å²) in [6, 6.07) is 5.94. The molecule has 2 aromatic heterocycles. The third kappa shape index (κ3) is 4.09. The smallest absolute Gasteiger partial charge is 0.218 e. The number of ether oxygens (including phenoxy) is 1. The minimum Gasteiger partial charge on any atom is -0.475 e. The minimum atomic E-state index is 0.101. The first-order chi connectivity index (χ1) is 11.2. The Labute approximate surface area is 136 Å². The highest BCUT2D eigenvalue weighted by atomic mass is 16.5. The number of hydrogen-bond acceptors (Lipinski definition) is 6. The Kier molecular flexibility index (Phi) is 4.90. The molecule has 0 amide bonds. The third-order valence-corrected chi connectivity index (χ3v) is 3.74. The first kappa shape index (κ1) is 15.5. The molecule has 6 heteroatoms. The van der Waals surface area contributed by atoms with Gasteiger partial charge in [0.2, 0.25) is 5.88 Å². The second-order valence-electron chi connectivity index (χ2n) is 5.94. The zero-order valence-electron chi connectivity index (χ0n) is 13.7. The molecule has 1 N–H and O–H groups in total. The van der Waals surface area contributed by atoms with Crippen LogP contribution >= 0.6 is 0 Å². The second kappa shape index (κ2) is 7.26. The molecular formula is C17H23N5O. The zero-order chi connectivity index (χ0) is 16.1. The van der Waals surface area contributed by atoms with Gasteiger partial charge < -0.3 is 15.0 Å². The molecule has 6 nitrogen and oxygen atoms in total. The molecule has 1 saturated heterocycles. The molecule has 1 aliphatic rings. The number of nitrogens with zero attached hydrogens (tertiary/aromatic N) is 4. The fourth-order valence-electron chi connectivity index (χ4n) is 2.64. The quantitative estimate of drug-likeness (QED) is 0.885. The topological polar surface area (TPSA) is 63.2 Å². The summed E-state index contributed by atoms with van der Waals surface area (Å²) in [5.74, 6) is 2.48. The van der Waals surface area contributed by atoms with Gasteiger partial charge >= 0.3 is 0 Å². The minimum absolute atomic E-state index is 0.101. The zero-order valence-corrected chi connectivity index (χ0v) is 13.7. The lowest BCUT2D eigenvalue weighted by Crippen LogP contribution is -2.19. The van der Waals surface area contributed by atoms with Crippen molar-refractivity contribution in [2.24, 2.45) is 0 Å². The van der Waals surface area contributed by atoms with Crippen LogP contribution in [0.1, 0.15) is 32.3 Å². The highest BCUT2D eigenvalue weighted by Gasteiger charge is 2.14. The van der Waals surface area contributed by atoms with Gasteiger partial charge in [-0.15, -0.1) is 0 Å². The van der Waals surface area contributed by atoms with Crippen molar-refractivity contribution >= 4 is 11.6 Å². The molecule has 1 aliphatic heterocycles. The van der Waals surface area contributed by atoms with E-state index in [0.717, 1.165) is 30.3 Å². The fourth-order valence-corrected chi connectivity index (χ4v) is 2.64. The van der Waals surface area contributed by atoms with Crippen molar-refractivity contribution in [1.82, 2.24) is 15.0 Å². The van der Waals surface area contributed by atoms with E-state index in [-0.39, 0.29) is 6.10 Å². The van der Waals surface area contributed by atoms with Gasteiger partial charge in [0.1, 0.15) is 18.0 Å². The predicted molar refractivity (Wildman–Crippen MR) is 90.8 cm³/mol. The Morgan fingerprint density at radius 1 is 1.22 bits per heavy atom. The van der Waals surface area contributed by atoms with E-state index in [1.54, 1.807) is 12.5 Å². The average Bonchev–Trinajstić information content (AvgIpc) is 3.08.